The van der Waals surface area contributed by atoms with Gasteiger partial charge in [-0.05, 0) is 43.7 Å². The van der Waals surface area contributed by atoms with Gasteiger partial charge in [0.15, 0.2) is 5.13 Å². The smallest absolute Gasteiger partial charge is 0.187 e. The molecule has 5 heteroatoms. The number of rotatable bonds is 4. The van der Waals surface area contributed by atoms with Gasteiger partial charge in [0.1, 0.15) is 11.3 Å². The van der Waals surface area contributed by atoms with Crippen molar-refractivity contribution in [3.63, 3.8) is 0 Å². The van der Waals surface area contributed by atoms with Crippen molar-refractivity contribution in [1.82, 2.24) is 14.4 Å². The number of anilines is 2. The second-order valence-corrected chi connectivity index (χ2v) is 6.85. The van der Waals surface area contributed by atoms with Crippen LogP contribution in [0.4, 0.5) is 10.8 Å². The average Bonchev–Trinajstić information content (AvgIpc) is 3.18. The zero-order valence-corrected chi connectivity index (χ0v) is 15.0. The second kappa shape index (κ2) is 6.18. The molecule has 0 atom stereocenters. The second-order valence-electron chi connectivity index (χ2n) is 6.00. The predicted octanol–water partition coefficient (Wildman–Crippen LogP) is 5.54. The Morgan fingerprint density at radius 3 is 2.68 bits per heavy atom. The fraction of sp³-hybridized carbons (Fsp3) is 0.100. The van der Waals surface area contributed by atoms with Gasteiger partial charge in [0, 0.05) is 17.3 Å². The number of pyridine rings is 1. The number of nitrogens with zero attached hydrogens (tertiary/aromatic N) is 3. The molecule has 0 radical (unpaired) electrons. The molecule has 25 heavy (non-hydrogen) atoms. The first-order chi connectivity index (χ1) is 12.1. The van der Waals surface area contributed by atoms with Crippen LogP contribution in [0.3, 0.4) is 0 Å². The first kappa shape index (κ1) is 15.6. The van der Waals surface area contributed by atoms with Crippen molar-refractivity contribution >= 4 is 33.4 Å². The molecule has 0 fully saturated rings. The van der Waals surface area contributed by atoms with Gasteiger partial charge in [-0.25, -0.2) is 9.97 Å². The van der Waals surface area contributed by atoms with E-state index in [2.05, 4.69) is 38.8 Å². The molecule has 0 amide bonds. The van der Waals surface area contributed by atoms with Crippen LogP contribution in [-0.4, -0.2) is 14.4 Å². The summed E-state index contributed by atoms with van der Waals surface area (Å²) in [4.78, 5) is 9.35. The lowest BCUT2D eigenvalue weighted by molar-refractivity contribution is 1.17. The normalized spacial score (nSPS) is 11.0. The zero-order valence-electron chi connectivity index (χ0n) is 14.2. The Labute approximate surface area is 150 Å². The predicted molar refractivity (Wildman–Crippen MR) is 105 cm³/mol. The SMILES string of the molecule is C=C(C)c1ccc(Nc2nc(-c3c(C)nc4ccccn34)cs2)cc1. The average molecular weight is 346 g/mol. The molecule has 1 aromatic carbocycles. The van der Waals surface area contributed by atoms with Gasteiger partial charge in [-0.15, -0.1) is 11.3 Å². The maximum Gasteiger partial charge on any atom is 0.187 e. The molecule has 124 valence electrons. The van der Waals surface area contributed by atoms with Crippen LogP contribution in [0.15, 0.2) is 60.6 Å². The highest BCUT2D eigenvalue weighted by Crippen LogP contribution is 2.30. The molecule has 0 aliphatic rings. The highest BCUT2D eigenvalue weighted by Gasteiger charge is 2.14. The number of aryl methyl sites for hydroxylation is 1. The molecule has 0 bridgehead atoms. The molecule has 0 saturated heterocycles. The molecular weight excluding hydrogens is 328 g/mol. The maximum absolute atomic E-state index is 4.75. The number of hydrogen-bond acceptors (Lipinski definition) is 4. The number of hydrogen-bond donors (Lipinski definition) is 1. The lowest BCUT2D eigenvalue weighted by Crippen LogP contribution is -1.92. The van der Waals surface area contributed by atoms with Crippen molar-refractivity contribution in [2.45, 2.75) is 13.8 Å². The van der Waals surface area contributed by atoms with E-state index in [0.29, 0.717) is 0 Å². The molecule has 4 aromatic rings. The van der Waals surface area contributed by atoms with Crippen molar-refractivity contribution in [3.05, 3.63) is 71.9 Å². The van der Waals surface area contributed by atoms with Gasteiger partial charge in [-0.2, -0.15) is 0 Å². The van der Waals surface area contributed by atoms with Crippen LogP contribution in [-0.2, 0) is 0 Å². The third-order valence-corrected chi connectivity index (χ3v) is 4.84. The molecule has 3 heterocycles. The number of benzene rings is 1. The number of fused-ring (bicyclic) bond motifs is 1. The summed E-state index contributed by atoms with van der Waals surface area (Å²) in [6.07, 6.45) is 2.02. The highest BCUT2D eigenvalue weighted by molar-refractivity contribution is 7.14. The molecule has 1 N–H and O–H groups in total. The minimum atomic E-state index is 0.864. The van der Waals surface area contributed by atoms with Gasteiger partial charge >= 0.3 is 0 Å². The van der Waals surface area contributed by atoms with Crippen LogP contribution in [0.2, 0.25) is 0 Å². The fourth-order valence-electron chi connectivity index (χ4n) is 2.82. The summed E-state index contributed by atoms with van der Waals surface area (Å²) in [6, 6.07) is 14.2. The Morgan fingerprint density at radius 1 is 1.12 bits per heavy atom. The Morgan fingerprint density at radius 2 is 1.92 bits per heavy atom. The topological polar surface area (TPSA) is 42.2 Å². The zero-order chi connectivity index (χ0) is 17.4. The van der Waals surface area contributed by atoms with Crippen LogP contribution in [0.25, 0.3) is 22.6 Å². The first-order valence-corrected chi connectivity index (χ1v) is 8.92. The third kappa shape index (κ3) is 2.94. The van der Waals surface area contributed by atoms with Crippen molar-refractivity contribution in [3.8, 4) is 11.4 Å². The minimum Gasteiger partial charge on any atom is -0.332 e. The molecule has 4 nitrogen and oxygen atoms in total. The van der Waals surface area contributed by atoms with E-state index in [-0.39, 0.29) is 0 Å². The van der Waals surface area contributed by atoms with E-state index in [1.54, 1.807) is 11.3 Å². The molecule has 0 aliphatic carbocycles. The Bertz CT molecular complexity index is 1060. The summed E-state index contributed by atoms with van der Waals surface area (Å²) < 4.78 is 2.08. The van der Waals surface area contributed by atoms with Crippen molar-refractivity contribution < 1.29 is 0 Å². The van der Waals surface area contributed by atoms with E-state index in [9.17, 15) is 0 Å². The third-order valence-electron chi connectivity index (χ3n) is 4.08. The van der Waals surface area contributed by atoms with Crippen molar-refractivity contribution in [2.75, 3.05) is 5.32 Å². The summed E-state index contributed by atoms with van der Waals surface area (Å²) in [6.45, 7) is 7.99. The summed E-state index contributed by atoms with van der Waals surface area (Å²) in [5, 5.41) is 6.30. The molecule has 0 saturated carbocycles. The molecule has 4 rings (SSSR count). The van der Waals surface area contributed by atoms with Crippen LogP contribution < -0.4 is 5.32 Å². The van der Waals surface area contributed by atoms with Gasteiger partial charge in [-0.1, -0.05) is 30.4 Å². The monoisotopic (exact) mass is 346 g/mol. The minimum absolute atomic E-state index is 0.864. The van der Waals surface area contributed by atoms with Gasteiger partial charge in [0.25, 0.3) is 0 Å². The van der Waals surface area contributed by atoms with Crippen LogP contribution in [0.1, 0.15) is 18.2 Å². The number of thiazole rings is 1. The first-order valence-electron chi connectivity index (χ1n) is 8.04. The maximum atomic E-state index is 4.75. The molecule has 0 aliphatic heterocycles. The number of allylic oxidation sites excluding steroid dienone is 1. The van der Waals surface area contributed by atoms with Crippen LogP contribution in [0.5, 0.6) is 0 Å². The van der Waals surface area contributed by atoms with Crippen molar-refractivity contribution in [2.24, 2.45) is 0 Å². The summed E-state index contributed by atoms with van der Waals surface area (Å²) in [5.41, 5.74) is 7.11. The van der Waals surface area contributed by atoms with E-state index in [1.165, 1.54) is 0 Å². The molecule has 0 spiro atoms. The van der Waals surface area contributed by atoms with Gasteiger partial charge < -0.3 is 5.32 Å². The van der Waals surface area contributed by atoms with E-state index in [1.807, 2.05) is 50.4 Å². The lowest BCUT2D eigenvalue weighted by Gasteiger charge is -2.04. The Hall–Kier alpha value is -2.92. The quantitative estimate of drug-likeness (QED) is 0.527. The van der Waals surface area contributed by atoms with E-state index >= 15 is 0 Å². The van der Waals surface area contributed by atoms with Crippen molar-refractivity contribution in [1.29, 1.82) is 0 Å². The van der Waals surface area contributed by atoms with Crippen LogP contribution >= 0.6 is 11.3 Å². The van der Waals surface area contributed by atoms with E-state index in [4.69, 9.17) is 4.98 Å². The van der Waals surface area contributed by atoms with Gasteiger partial charge in [-0.3, -0.25) is 4.40 Å². The standard InChI is InChI=1S/C20H18N4S/c1-13(2)15-7-9-16(10-8-15)22-20-23-17(12-25-20)19-14(3)21-18-6-4-5-11-24(18)19/h4-12H,1H2,2-3H3,(H,22,23). The molecule has 0 unspecified atom stereocenters. The highest BCUT2D eigenvalue weighted by atomic mass is 32.1. The molecule has 3 aromatic heterocycles. The van der Waals surface area contributed by atoms with Gasteiger partial charge in [0.05, 0.1) is 11.4 Å². The number of aromatic nitrogens is 3. The lowest BCUT2D eigenvalue weighted by atomic mass is 10.1. The largest absolute Gasteiger partial charge is 0.332 e. The van der Waals surface area contributed by atoms with Crippen LogP contribution in [0, 0.1) is 6.92 Å². The summed E-state index contributed by atoms with van der Waals surface area (Å²) in [5.74, 6) is 0. The Balaban J connectivity index is 1.63. The fourth-order valence-corrected chi connectivity index (χ4v) is 3.54. The van der Waals surface area contributed by atoms with E-state index < -0.39 is 0 Å². The Kier molecular flexibility index (Phi) is 3.86. The van der Waals surface area contributed by atoms with E-state index in [0.717, 1.165) is 44.7 Å². The number of nitrogens with one attached hydrogen (secondary N) is 1. The number of imidazole rings is 1. The molecular formula is C20H18N4S. The summed E-state index contributed by atoms with van der Waals surface area (Å²) >= 11 is 1.59. The summed E-state index contributed by atoms with van der Waals surface area (Å²) in [7, 11) is 0. The van der Waals surface area contributed by atoms with Gasteiger partial charge in [0.2, 0.25) is 0 Å².